The second-order valence-corrected chi connectivity index (χ2v) is 9.89. The Hall–Kier alpha value is -2.16. The standard InChI is InChI=1S/C29H36F2O/c1-3-17-32-27-19-25-16-11-22(18-26(25)28(30)29(27)31)6-5-21-9-14-24(15-10-21)23-12-7-20(4-2)8-13-23/h3-4,11,16,18-21,23-24H,1-2,5-10,12-15,17H2. The summed E-state index contributed by atoms with van der Waals surface area (Å²) < 4.78 is 34.3. The highest BCUT2D eigenvalue weighted by atomic mass is 19.2. The van der Waals surface area contributed by atoms with Crippen LogP contribution in [0, 0.1) is 35.3 Å². The molecule has 0 amide bonds. The SMILES string of the molecule is C=CCOc1cc2ccc(CCC3CCC(C4CCC(C=C)CC4)CC3)cc2c(F)c1F. The third kappa shape index (κ3) is 5.24. The molecule has 2 fully saturated rings. The summed E-state index contributed by atoms with van der Waals surface area (Å²) in [5, 5.41) is 1.00. The highest BCUT2D eigenvalue weighted by Gasteiger charge is 2.30. The molecule has 32 heavy (non-hydrogen) atoms. The molecule has 2 aromatic rings. The highest BCUT2D eigenvalue weighted by molar-refractivity contribution is 5.85. The number of fused-ring (bicyclic) bond motifs is 1. The number of aryl methyl sites for hydroxylation is 1. The minimum Gasteiger partial charge on any atom is -0.486 e. The van der Waals surface area contributed by atoms with E-state index in [-0.39, 0.29) is 12.4 Å². The Morgan fingerprint density at radius 2 is 1.56 bits per heavy atom. The summed E-state index contributed by atoms with van der Waals surface area (Å²) in [5.41, 5.74) is 1.08. The third-order valence-electron chi connectivity index (χ3n) is 7.96. The molecule has 2 aromatic carbocycles. The predicted octanol–water partition coefficient (Wildman–Crippen LogP) is 8.41. The Bertz CT molecular complexity index is 934. The van der Waals surface area contributed by atoms with E-state index < -0.39 is 11.6 Å². The first-order chi connectivity index (χ1) is 15.6. The number of benzene rings is 2. The second kappa shape index (κ2) is 10.6. The molecule has 0 aliphatic heterocycles. The van der Waals surface area contributed by atoms with E-state index >= 15 is 0 Å². The Labute approximate surface area is 191 Å². The lowest BCUT2D eigenvalue weighted by Crippen LogP contribution is -2.25. The van der Waals surface area contributed by atoms with Gasteiger partial charge in [-0.2, -0.15) is 4.39 Å². The second-order valence-electron chi connectivity index (χ2n) is 9.89. The van der Waals surface area contributed by atoms with Crippen LogP contribution in [0.5, 0.6) is 5.75 Å². The van der Waals surface area contributed by atoms with Gasteiger partial charge in [0.25, 0.3) is 0 Å². The van der Waals surface area contributed by atoms with E-state index in [4.69, 9.17) is 4.74 Å². The van der Waals surface area contributed by atoms with Crippen LogP contribution in [-0.2, 0) is 6.42 Å². The Balaban J connectivity index is 1.31. The van der Waals surface area contributed by atoms with Crippen molar-refractivity contribution < 1.29 is 13.5 Å². The summed E-state index contributed by atoms with van der Waals surface area (Å²) in [6.07, 6.45) is 16.5. The van der Waals surface area contributed by atoms with E-state index in [1.54, 1.807) is 6.07 Å². The van der Waals surface area contributed by atoms with Gasteiger partial charge in [0.15, 0.2) is 11.6 Å². The van der Waals surface area contributed by atoms with Crippen LogP contribution in [0.4, 0.5) is 8.78 Å². The van der Waals surface area contributed by atoms with Gasteiger partial charge in [0.2, 0.25) is 5.82 Å². The van der Waals surface area contributed by atoms with E-state index in [2.05, 4.69) is 19.2 Å². The number of hydrogen-bond donors (Lipinski definition) is 0. The first-order valence-electron chi connectivity index (χ1n) is 12.4. The monoisotopic (exact) mass is 438 g/mol. The van der Waals surface area contributed by atoms with Crippen LogP contribution in [0.2, 0.25) is 0 Å². The van der Waals surface area contributed by atoms with Gasteiger partial charge in [0, 0.05) is 5.39 Å². The van der Waals surface area contributed by atoms with E-state index in [0.717, 1.165) is 42.1 Å². The van der Waals surface area contributed by atoms with Crippen LogP contribution in [0.3, 0.4) is 0 Å². The maximum Gasteiger partial charge on any atom is 0.201 e. The van der Waals surface area contributed by atoms with E-state index in [9.17, 15) is 8.78 Å². The van der Waals surface area contributed by atoms with Crippen LogP contribution in [-0.4, -0.2) is 6.61 Å². The summed E-state index contributed by atoms with van der Waals surface area (Å²) in [6.45, 7) is 7.67. The zero-order chi connectivity index (χ0) is 22.5. The average Bonchev–Trinajstić information content (AvgIpc) is 2.84. The Morgan fingerprint density at radius 1 is 0.875 bits per heavy atom. The largest absolute Gasteiger partial charge is 0.486 e. The molecule has 0 saturated heterocycles. The van der Waals surface area contributed by atoms with E-state index in [0.29, 0.717) is 10.8 Å². The first kappa shape index (κ1) is 23.0. The average molecular weight is 439 g/mol. The molecule has 0 N–H and O–H groups in total. The molecule has 0 heterocycles. The van der Waals surface area contributed by atoms with Crippen molar-refractivity contribution in [3.63, 3.8) is 0 Å². The summed E-state index contributed by atoms with van der Waals surface area (Å²) >= 11 is 0. The fourth-order valence-corrected chi connectivity index (χ4v) is 5.93. The molecule has 0 aromatic heterocycles. The van der Waals surface area contributed by atoms with Gasteiger partial charge < -0.3 is 4.74 Å². The van der Waals surface area contributed by atoms with E-state index in [1.807, 2.05) is 18.2 Å². The van der Waals surface area contributed by atoms with Gasteiger partial charge in [0.05, 0.1) is 0 Å². The van der Waals surface area contributed by atoms with Crippen molar-refractivity contribution >= 4 is 10.8 Å². The Morgan fingerprint density at radius 3 is 2.22 bits per heavy atom. The van der Waals surface area contributed by atoms with Gasteiger partial charge in [-0.1, -0.05) is 43.7 Å². The summed E-state index contributed by atoms with van der Waals surface area (Å²) in [6, 6.07) is 7.31. The smallest absolute Gasteiger partial charge is 0.201 e. The van der Waals surface area contributed by atoms with Crippen LogP contribution >= 0.6 is 0 Å². The highest BCUT2D eigenvalue weighted by Crippen LogP contribution is 2.42. The lowest BCUT2D eigenvalue weighted by molar-refractivity contribution is 0.153. The molecule has 3 heteroatoms. The summed E-state index contributed by atoms with van der Waals surface area (Å²) in [7, 11) is 0. The van der Waals surface area contributed by atoms with Gasteiger partial charge in [0.1, 0.15) is 6.61 Å². The maximum atomic E-state index is 14.6. The lowest BCUT2D eigenvalue weighted by Gasteiger charge is -2.37. The molecule has 0 unspecified atom stereocenters. The molecular weight excluding hydrogens is 402 g/mol. The minimum absolute atomic E-state index is 0.0580. The van der Waals surface area contributed by atoms with Gasteiger partial charge in [-0.3, -0.25) is 0 Å². The van der Waals surface area contributed by atoms with Crippen molar-refractivity contribution in [2.45, 2.75) is 64.2 Å². The number of ether oxygens (including phenoxy) is 1. The van der Waals surface area contributed by atoms with E-state index in [1.165, 1.54) is 57.4 Å². The van der Waals surface area contributed by atoms with Crippen molar-refractivity contribution in [3.8, 4) is 5.75 Å². The lowest BCUT2D eigenvalue weighted by atomic mass is 9.68. The van der Waals surface area contributed by atoms with Crippen molar-refractivity contribution in [3.05, 3.63) is 66.8 Å². The first-order valence-corrected chi connectivity index (χ1v) is 12.4. The van der Waals surface area contributed by atoms with Gasteiger partial charge in [-0.15, -0.1) is 6.58 Å². The van der Waals surface area contributed by atoms with Crippen molar-refractivity contribution in [2.24, 2.45) is 23.7 Å². The molecule has 172 valence electrons. The number of rotatable bonds is 8. The fourth-order valence-electron chi connectivity index (χ4n) is 5.93. The molecule has 4 rings (SSSR count). The maximum absolute atomic E-state index is 14.6. The van der Waals surface area contributed by atoms with Crippen molar-refractivity contribution in [1.82, 2.24) is 0 Å². The minimum atomic E-state index is -0.919. The van der Waals surface area contributed by atoms with Crippen LogP contribution in [0.1, 0.15) is 63.4 Å². The third-order valence-corrected chi connectivity index (χ3v) is 7.96. The van der Waals surface area contributed by atoms with Gasteiger partial charge in [-0.05, 0) is 98.1 Å². The number of hydrogen-bond acceptors (Lipinski definition) is 1. The molecular formula is C29H36F2O. The quantitative estimate of drug-likeness (QED) is 0.376. The molecule has 1 nitrogen and oxygen atoms in total. The van der Waals surface area contributed by atoms with Crippen molar-refractivity contribution in [2.75, 3.05) is 6.61 Å². The summed E-state index contributed by atoms with van der Waals surface area (Å²) in [5.74, 6) is 1.53. The molecule has 0 radical (unpaired) electrons. The predicted molar refractivity (Wildman–Crippen MR) is 129 cm³/mol. The molecule has 0 atom stereocenters. The van der Waals surface area contributed by atoms with Gasteiger partial charge in [-0.25, -0.2) is 4.39 Å². The van der Waals surface area contributed by atoms with Crippen molar-refractivity contribution in [1.29, 1.82) is 0 Å². The molecule has 2 saturated carbocycles. The zero-order valence-electron chi connectivity index (χ0n) is 19.1. The van der Waals surface area contributed by atoms with Crippen LogP contribution in [0.15, 0.2) is 49.6 Å². The number of halogens is 2. The summed E-state index contributed by atoms with van der Waals surface area (Å²) in [4.78, 5) is 0. The number of allylic oxidation sites excluding steroid dienone is 1. The molecule has 2 aliphatic rings. The zero-order valence-corrected chi connectivity index (χ0v) is 19.1. The fraction of sp³-hybridized carbons (Fsp3) is 0.517. The molecule has 0 bridgehead atoms. The molecule has 0 spiro atoms. The van der Waals surface area contributed by atoms with Crippen LogP contribution in [0.25, 0.3) is 10.8 Å². The van der Waals surface area contributed by atoms with Crippen LogP contribution < -0.4 is 4.74 Å². The molecule has 2 aliphatic carbocycles. The normalized spacial score (nSPS) is 26.1. The topological polar surface area (TPSA) is 9.23 Å². The van der Waals surface area contributed by atoms with Gasteiger partial charge >= 0.3 is 0 Å². The Kier molecular flexibility index (Phi) is 7.65.